The molecule has 0 saturated heterocycles. The van der Waals surface area contributed by atoms with Gasteiger partial charge in [0.05, 0.1) is 12.1 Å². The van der Waals surface area contributed by atoms with E-state index in [1.807, 2.05) is 24.3 Å². The highest BCUT2D eigenvalue weighted by atomic mass is 14.9. The van der Waals surface area contributed by atoms with Crippen LogP contribution in [-0.4, -0.2) is 13.1 Å². The number of nitrogens with zero attached hydrogens (tertiary/aromatic N) is 2. The molecule has 0 radical (unpaired) electrons. The molecular weight excluding hydrogens is 248 g/mol. The average molecular weight is 270 g/mol. The highest BCUT2D eigenvalue weighted by molar-refractivity contribution is 5.31. The summed E-state index contributed by atoms with van der Waals surface area (Å²) in [4.78, 5) is 0. The normalized spacial score (nSPS) is 13.2. The van der Waals surface area contributed by atoms with Crippen molar-refractivity contribution in [2.24, 2.45) is 0 Å². The summed E-state index contributed by atoms with van der Waals surface area (Å²) in [5.41, 5.74) is 1.88. The van der Waals surface area contributed by atoms with E-state index in [1.165, 1.54) is 0 Å². The average Bonchev–Trinajstić information content (AvgIpc) is 2.50. The Morgan fingerprint density at radius 1 is 0.850 bits per heavy atom. The van der Waals surface area contributed by atoms with Crippen LogP contribution in [0.1, 0.15) is 49.9 Å². The van der Waals surface area contributed by atoms with Gasteiger partial charge in [0.1, 0.15) is 12.1 Å². The Kier molecular flexibility index (Phi) is 7.35. The van der Waals surface area contributed by atoms with Gasteiger partial charge in [0, 0.05) is 0 Å². The lowest BCUT2D eigenvalue weighted by molar-refractivity contribution is 0.614. The van der Waals surface area contributed by atoms with E-state index in [1.54, 1.807) is 0 Å². The monoisotopic (exact) mass is 270 g/mol. The second-order valence-electron chi connectivity index (χ2n) is 4.70. The quantitative estimate of drug-likeness (QED) is 0.762. The van der Waals surface area contributed by atoms with Crippen molar-refractivity contribution in [3.05, 3.63) is 35.4 Å². The highest BCUT2D eigenvalue weighted by Crippen LogP contribution is 2.17. The number of hydrogen-bond acceptors (Lipinski definition) is 4. The predicted octanol–water partition coefficient (Wildman–Crippen LogP) is 2.82. The Labute approximate surface area is 121 Å². The molecule has 20 heavy (non-hydrogen) atoms. The SMILES string of the molecule is CCCN[C@@H](C#N)c1ccc([C@@H](C#N)NCCC)cc1. The fourth-order valence-electron chi connectivity index (χ4n) is 1.93. The van der Waals surface area contributed by atoms with Gasteiger partial charge >= 0.3 is 0 Å². The van der Waals surface area contributed by atoms with Gasteiger partial charge in [0.2, 0.25) is 0 Å². The van der Waals surface area contributed by atoms with Gasteiger partial charge in [0.15, 0.2) is 0 Å². The van der Waals surface area contributed by atoms with Crippen molar-refractivity contribution in [3.8, 4) is 12.1 Å². The largest absolute Gasteiger partial charge is 0.298 e. The lowest BCUT2D eigenvalue weighted by Crippen LogP contribution is -2.22. The lowest BCUT2D eigenvalue weighted by Gasteiger charge is -2.14. The maximum atomic E-state index is 9.17. The molecule has 1 rings (SSSR count). The van der Waals surface area contributed by atoms with Crippen LogP contribution in [0, 0.1) is 22.7 Å². The van der Waals surface area contributed by atoms with Crippen molar-refractivity contribution in [2.45, 2.75) is 38.8 Å². The molecular formula is C16H22N4. The molecule has 0 unspecified atom stereocenters. The van der Waals surface area contributed by atoms with Crippen LogP contribution in [0.2, 0.25) is 0 Å². The molecule has 0 aliphatic rings. The minimum atomic E-state index is -0.284. The first-order chi connectivity index (χ1) is 9.76. The second-order valence-corrected chi connectivity index (χ2v) is 4.70. The molecule has 4 nitrogen and oxygen atoms in total. The van der Waals surface area contributed by atoms with Gasteiger partial charge in [-0.05, 0) is 37.1 Å². The number of rotatable bonds is 8. The van der Waals surface area contributed by atoms with E-state index >= 15 is 0 Å². The van der Waals surface area contributed by atoms with Gasteiger partial charge in [-0.25, -0.2) is 0 Å². The van der Waals surface area contributed by atoms with E-state index in [-0.39, 0.29) is 12.1 Å². The predicted molar refractivity (Wildman–Crippen MR) is 79.7 cm³/mol. The zero-order chi connectivity index (χ0) is 14.8. The van der Waals surface area contributed by atoms with E-state index in [4.69, 9.17) is 10.5 Å². The highest BCUT2D eigenvalue weighted by Gasteiger charge is 2.12. The number of hydrogen-bond donors (Lipinski definition) is 2. The molecule has 4 heteroatoms. The summed E-state index contributed by atoms with van der Waals surface area (Å²) in [5.74, 6) is 0. The zero-order valence-corrected chi connectivity index (χ0v) is 12.2. The summed E-state index contributed by atoms with van der Waals surface area (Å²) in [6, 6.07) is 11.6. The minimum Gasteiger partial charge on any atom is -0.298 e. The third-order valence-corrected chi connectivity index (χ3v) is 3.06. The van der Waals surface area contributed by atoms with Crippen LogP contribution < -0.4 is 10.6 Å². The standard InChI is InChI=1S/C16H22N4/c1-3-9-19-15(11-17)13-5-7-14(8-6-13)16(12-18)20-10-4-2/h5-8,15-16,19-20H,3-4,9-10H2,1-2H3/t15-,16+. The van der Waals surface area contributed by atoms with E-state index in [0.29, 0.717) is 0 Å². The van der Waals surface area contributed by atoms with Crippen molar-refractivity contribution in [3.63, 3.8) is 0 Å². The Morgan fingerprint density at radius 3 is 1.45 bits per heavy atom. The van der Waals surface area contributed by atoms with Crippen molar-refractivity contribution in [1.82, 2.24) is 10.6 Å². The van der Waals surface area contributed by atoms with Crippen LogP contribution in [0.25, 0.3) is 0 Å². The maximum absolute atomic E-state index is 9.17. The van der Waals surface area contributed by atoms with Crippen molar-refractivity contribution >= 4 is 0 Å². The number of nitrogens with one attached hydrogen (secondary N) is 2. The first-order valence-electron chi connectivity index (χ1n) is 7.12. The van der Waals surface area contributed by atoms with E-state index in [0.717, 1.165) is 37.1 Å². The van der Waals surface area contributed by atoms with Gasteiger partial charge in [-0.15, -0.1) is 0 Å². The Morgan fingerprint density at radius 2 is 1.20 bits per heavy atom. The molecule has 0 aliphatic heterocycles. The zero-order valence-electron chi connectivity index (χ0n) is 12.2. The summed E-state index contributed by atoms with van der Waals surface area (Å²) in [6.45, 7) is 5.78. The van der Waals surface area contributed by atoms with E-state index in [9.17, 15) is 0 Å². The van der Waals surface area contributed by atoms with Crippen LogP contribution in [-0.2, 0) is 0 Å². The summed E-state index contributed by atoms with van der Waals surface area (Å²) in [6.07, 6.45) is 1.99. The maximum Gasteiger partial charge on any atom is 0.121 e. The summed E-state index contributed by atoms with van der Waals surface area (Å²) < 4.78 is 0. The Balaban J connectivity index is 2.76. The minimum absolute atomic E-state index is 0.284. The molecule has 0 aliphatic carbocycles. The third kappa shape index (κ3) is 4.66. The van der Waals surface area contributed by atoms with Gasteiger partial charge in [0.25, 0.3) is 0 Å². The van der Waals surface area contributed by atoms with Crippen molar-refractivity contribution in [1.29, 1.82) is 10.5 Å². The Hall–Kier alpha value is -1.88. The molecule has 0 saturated carbocycles. The van der Waals surface area contributed by atoms with Crippen molar-refractivity contribution in [2.75, 3.05) is 13.1 Å². The third-order valence-electron chi connectivity index (χ3n) is 3.06. The molecule has 0 amide bonds. The smallest absolute Gasteiger partial charge is 0.121 e. The number of nitriles is 2. The van der Waals surface area contributed by atoms with E-state index < -0.39 is 0 Å². The van der Waals surface area contributed by atoms with Gasteiger partial charge in [-0.3, -0.25) is 10.6 Å². The van der Waals surface area contributed by atoms with Crippen molar-refractivity contribution < 1.29 is 0 Å². The van der Waals surface area contributed by atoms with Crippen LogP contribution in [0.5, 0.6) is 0 Å². The molecule has 2 N–H and O–H groups in total. The fourth-order valence-corrected chi connectivity index (χ4v) is 1.93. The Bertz CT molecular complexity index is 422. The molecule has 1 aromatic carbocycles. The summed E-state index contributed by atoms with van der Waals surface area (Å²) in [5, 5.41) is 24.7. The molecule has 0 aromatic heterocycles. The molecule has 0 heterocycles. The lowest BCUT2D eigenvalue weighted by atomic mass is 10.0. The fraction of sp³-hybridized carbons (Fsp3) is 0.500. The van der Waals surface area contributed by atoms with Crippen LogP contribution in [0.3, 0.4) is 0 Å². The first kappa shape index (κ1) is 16.2. The van der Waals surface area contributed by atoms with Gasteiger partial charge < -0.3 is 0 Å². The van der Waals surface area contributed by atoms with Gasteiger partial charge in [-0.1, -0.05) is 38.1 Å². The molecule has 106 valence electrons. The topological polar surface area (TPSA) is 71.6 Å². The second kappa shape index (κ2) is 9.09. The van der Waals surface area contributed by atoms with Crippen LogP contribution in [0.4, 0.5) is 0 Å². The van der Waals surface area contributed by atoms with Gasteiger partial charge in [-0.2, -0.15) is 10.5 Å². The molecule has 2 atom stereocenters. The van der Waals surface area contributed by atoms with Crippen LogP contribution >= 0.6 is 0 Å². The van der Waals surface area contributed by atoms with Crippen LogP contribution in [0.15, 0.2) is 24.3 Å². The number of benzene rings is 1. The summed E-state index contributed by atoms with van der Waals surface area (Å²) >= 11 is 0. The summed E-state index contributed by atoms with van der Waals surface area (Å²) in [7, 11) is 0. The molecule has 0 spiro atoms. The molecule has 0 fully saturated rings. The first-order valence-corrected chi connectivity index (χ1v) is 7.12. The van der Waals surface area contributed by atoms with E-state index in [2.05, 4.69) is 36.6 Å². The molecule has 0 bridgehead atoms. The molecule has 1 aromatic rings.